The molecule has 1 N–H and O–H groups in total. The Labute approximate surface area is 113 Å². The van der Waals surface area contributed by atoms with Crippen LogP contribution in [-0.2, 0) is 0 Å². The molecule has 1 unspecified atom stereocenters. The molecule has 4 heteroatoms. The second kappa shape index (κ2) is 8.14. The third kappa shape index (κ3) is 5.00. The molecule has 1 atom stereocenters. The number of rotatable bonds is 8. The molecule has 17 heavy (non-hydrogen) atoms. The van der Waals surface area contributed by atoms with Crippen LogP contribution in [0.4, 0.5) is 0 Å². The molecule has 0 saturated heterocycles. The van der Waals surface area contributed by atoms with Crippen LogP contribution in [0.3, 0.4) is 0 Å². The zero-order valence-corrected chi connectivity index (χ0v) is 12.6. The van der Waals surface area contributed by atoms with E-state index in [2.05, 4.69) is 37.8 Å². The van der Waals surface area contributed by atoms with E-state index in [1.54, 1.807) is 11.3 Å². The number of hydrogen-bond acceptors (Lipinski definition) is 4. The van der Waals surface area contributed by atoms with Gasteiger partial charge in [0, 0.05) is 11.4 Å². The fourth-order valence-electron chi connectivity index (χ4n) is 1.72. The van der Waals surface area contributed by atoms with E-state index in [0.29, 0.717) is 0 Å². The van der Waals surface area contributed by atoms with Crippen LogP contribution in [0.25, 0.3) is 0 Å². The number of aliphatic hydroxyl groups excluding tert-OH is 1. The topological polar surface area (TPSA) is 23.5 Å². The molecule has 98 valence electrons. The van der Waals surface area contributed by atoms with Gasteiger partial charge in [-0.2, -0.15) is 0 Å². The third-order valence-electron chi connectivity index (χ3n) is 2.83. The van der Waals surface area contributed by atoms with Gasteiger partial charge >= 0.3 is 0 Å². The first-order valence-electron chi connectivity index (χ1n) is 6.34. The van der Waals surface area contributed by atoms with Crippen molar-refractivity contribution in [2.45, 2.75) is 37.5 Å². The standard InChI is InChI=1S/C13H23NOS2/c1-4-14(5-2)10-9-11(15)12-7-8-13(17-12)16-6-3/h7-8,11,15H,4-6,9-10H2,1-3H3. The maximum atomic E-state index is 10.1. The monoisotopic (exact) mass is 273 g/mol. The van der Waals surface area contributed by atoms with Gasteiger partial charge in [-0.15, -0.1) is 23.1 Å². The number of hydrogen-bond donors (Lipinski definition) is 1. The molecule has 0 aliphatic rings. The molecule has 0 fully saturated rings. The summed E-state index contributed by atoms with van der Waals surface area (Å²) in [5.41, 5.74) is 0. The van der Waals surface area contributed by atoms with Gasteiger partial charge in [0.2, 0.25) is 0 Å². The van der Waals surface area contributed by atoms with Crippen molar-refractivity contribution in [2.24, 2.45) is 0 Å². The average Bonchev–Trinajstić information content (AvgIpc) is 2.79. The van der Waals surface area contributed by atoms with E-state index in [-0.39, 0.29) is 6.10 Å². The molecule has 1 heterocycles. The van der Waals surface area contributed by atoms with E-state index >= 15 is 0 Å². The van der Waals surface area contributed by atoms with Crippen LogP contribution in [0.15, 0.2) is 16.3 Å². The lowest BCUT2D eigenvalue weighted by Gasteiger charge is -2.19. The predicted octanol–water partition coefficient (Wildman–Crippen LogP) is 3.63. The minimum absolute atomic E-state index is 0.299. The maximum Gasteiger partial charge on any atom is 0.0894 e. The molecule has 0 bridgehead atoms. The largest absolute Gasteiger partial charge is 0.388 e. The Morgan fingerprint density at radius 3 is 2.59 bits per heavy atom. The Morgan fingerprint density at radius 2 is 2.00 bits per heavy atom. The quantitative estimate of drug-likeness (QED) is 0.732. The fourth-order valence-corrected chi connectivity index (χ4v) is 3.81. The van der Waals surface area contributed by atoms with E-state index < -0.39 is 0 Å². The summed E-state index contributed by atoms with van der Waals surface area (Å²) in [7, 11) is 0. The van der Waals surface area contributed by atoms with E-state index in [0.717, 1.165) is 36.7 Å². The Hall–Kier alpha value is -0.0300. The van der Waals surface area contributed by atoms with E-state index in [1.807, 2.05) is 11.8 Å². The summed E-state index contributed by atoms with van der Waals surface area (Å²) in [6, 6.07) is 4.18. The Balaban J connectivity index is 2.42. The third-order valence-corrected chi connectivity index (χ3v) is 5.12. The normalized spacial score (nSPS) is 13.2. The van der Waals surface area contributed by atoms with Crippen LogP contribution < -0.4 is 0 Å². The van der Waals surface area contributed by atoms with Crippen LogP contribution in [-0.4, -0.2) is 35.4 Å². The van der Waals surface area contributed by atoms with Crippen molar-refractivity contribution in [2.75, 3.05) is 25.4 Å². The van der Waals surface area contributed by atoms with Gasteiger partial charge in [0.15, 0.2) is 0 Å². The van der Waals surface area contributed by atoms with Gasteiger partial charge in [0.05, 0.1) is 10.3 Å². The number of thiophene rings is 1. The lowest BCUT2D eigenvalue weighted by Crippen LogP contribution is -2.25. The van der Waals surface area contributed by atoms with Gasteiger partial charge in [0.1, 0.15) is 0 Å². The van der Waals surface area contributed by atoms with Crippen LogP contribution >= 0.6 is 23.1 Å². The molecule has 0 saturated carbocycles. The molecule has 2 nitrogen and oxygen atoms in total. The van der Waals surface area contributed by atoms with Gasteiger partial charge in [-0.25, -0.2) is 0 Å². The van der Waals surface area contributed by atoms with Crippen LogP contribution in [0.5, 0.6) is 0 Å². The van der Waals surface area contributed by atoms with E-state index in [4.69, 9.17) is 0 Å². The molecular weight excluding hydrogens is 250 g/mol. The van der Waals surface area contributed by atoms with Crippen molar-refractivity contribution in [3.8, 4) is 0 Å². The van der Waals surface area contributed by atoms with Gasteiger partial charge < -0.3 is 10.0 Å². The lowest BCUT2D eigenvalue weighted by molar-refractivity contribution is 0.148. The van der Waals surface area contributed by atoms with Gasteiger partial charge in [-0.3, -0.25) is 0 Å². The van der Waals surface area contributed by atoms with Crippen LogP contribution in [0.1, 0.15) is 38.2 Å². The number of nitrogens with zero attached hydrogens (tertiary/aromatic N) is 1. The highest BCUT2D eigenvalue weighted by molar-refractivity contribution is 8.01. The number of thioether (sulfide) groups is 1. The molecule has 1 rings (SSSR count). The smallest absolute Gasteiger partial charge is 0.0894 e. The first kappa shape index (κ1) is 15.0. The molecule has 0 aliphatic carbocycles. The maximum absolute atomic E-state index is 10.1. The minimum atomic E-state index is -0.299. The second-order valence-electron chi connectivity index (χ2n) is 3.92. The molecular formula is C13H23NOS2. The molecule has 0 aromatic carbocycles. The van der Waals surface area contributed by atoms with Crippen LogP contribution in [0.2, 0.25) is 0 Å². The van der Waals surface area contributed by atoms with Gasteiger partial charge in [-0.1, -0.05) is 20.8 Å². The molecule has 0 spiro atoms. The van der Waals surface area contributed by atoms with Crippen LogP contribution in [0, 0.1) is 0 Å². The Bertz CT molecular complexity index is 310. The predicted molar refractivity (Wildman–Crippen MR) is 78.1 cm³/mol. The summed E-state index contributed by atoms with van der Waals surface area (Å²) in [4.78, 5) is 3.45. The lowest BCUT2D eigenvalue weighted by atomic mass is 10.2. The first-order chi connectivity index (χ1) is 8.21. The van der Waals surface area contributed by atoms with Crippen molar-refractivity contribution in [1.82, 2.24) is 4.90 Å². The summed E-state index contributed by atoms with van der Waals surface area (Å²) in [6.45, 7) is 9.58. The summed E-state index contributed by atoms with van der Waals surface area (Å²) >= 11 is 3.57. The molecule has 1 aromatic rings. The van der Waals surface area contributed by atoms with Gasteiger partial charge in [-0.05, 0) is 37.4 Å². The highest BCUT2D eigenvalue weighted by Gasteiger charge is 2.12. The number of aliphatic hydroxyl groups is 1. The Morgan fingerprint density at radius 1 is 1.29 bits per heavy atom. The summed E-state index contributed by atoms with van der Waals surface area (Å²) in [5.74, 6) is 1.09. The highest BCUT2D eigenvalue weighted by atomic mass is 32.2. The second-order valence-corrected chi connectivity index (χ2v) is 6.60. The zero-order chi connectivity index (χ0) is 12.7. The summed E-state index contributed by atoms with van der Waals surface area (Å²) in [5, 5.41) is 10.1. The first-order valence-corrected chi connectivity index (χ1v) is 8.14. The zero-order valence-electron chi connectivity index (χ0n) is 11.0. The fraction of sp³-hybridized carbons (Fsp3) is 0.692. The molecule has 1 aromatic heterocycles. The molecule has 0 radical (unpaired) electrons. The van der Waals surface area contributed by atoms with Crippen molar-refractivity contribution in [3.63, 3.8) is 0 Å². The van der Waals surface area contributed by atoms with Crippen molar-refractivity contribution < 1.29 is 5.11 Å². The van der Waals surface area contributed by atoms with E-state index in [9.17, 15) is 5.11 Å². The van der Waals surface area contributed by atoms with Crippen molar-refractivity contribution in [3.05, 3.63) is 17.0 Å². The average molecular weight is 273 g/mol. The SMILES string of the molecule is CCSc1ccc(C(O)CCN(CC)CC)s1. The Kier molecular flexibility index (Phi) is 7.19. The van der Waals surface area contributed by atoms with Crippen molar-refractivity contribution in [1.29, 1.82) is 0 Å². The van der Waals surface area contributed by atoms with Crippen molar-refractivity contribution >= 4 is 23.1 Å². The molecule has 0 aliphatic heterocycles. The van der Waals surface area contributed by atoms with Gasteiger partial charge in [0.25, 0.3) is 0 Å². The van der Waals surface area contributed by atoms with E-state index in [1.165, 1.54) is 4.21 Å². The minimum Gasteiger partial charge on any atom is -0.388 e. The summed E-state index contributed by atoms with van der Waals surface area (Å²) < 4.78 is 1.31. The highest BCUT2D eigenvalue weighted by Crippen LogP contribution is 2.31. The summed E-state index contributed by atoms with van der Waals surface area (Å²) in [6.07, 6.45) is 0.533. The molecule has 0 amide bonds.